The highest BCUT2D eigenvalue weighted by molar-refractivity contribution is 5.54. The Morgan fingerprint density at radius 2 is 1.82 bits per heavy atom. The van der Waals surface area contributed by atoms with Gasteiger partial charge in [0.2, 0.25) is 0 Å². The van der Waals surface area contributed by atoms with Crippen LogP contribution < -0.4 is 14.8 Å². The topological polar surface area (TPSA) is 47.8 Å². The maximum atomic E-state index is 5.27. The number of methoxy groups -OCH3 is 2. The fourth-order valence-electron chi connectivity index (χ4n) is 2.39. The number of anilines is 1. The van der Waals surface area contributed by atoms with Crippen LogP contribution in [-0.4, -0.2) is 23.6 Å². The monoisotopic (exact) mass is 297 g/mol. The highest BCUT2D eigenvalue weighted by Crippen LogP contribution is 2.26. The van der Waals surface area contributed by atoms with E-state index in [9.17, 15) is 0 Å². The van der Waals surface area contributed by atoms with E-state index in [0.29, 0.717) is 6.54 Å². The minimum Gasteiger partial charge on any atom is -0.497 e. The largest absolute Gasteiger partial charge is 0.497 e. The van der Waals surface area contributed by atoms with Crippen LogP contribution in [0.25, 0.3) is 5.65 Å². The number of imidazole rings is 1. The second-order valence-corrected chi connectivity index (χ2v) is 5.08. The molecule has 3 rings (SSSR count). The summed E-state index contributed by atoms with van der Waals surface area (Å²) >= 11 is 0. The quantitative estimate of drug-likeness (QED) is 0.785. The highest BCUT2D eigenvalue weighted by Gasteiger charge is 2.05. The second-order valence-electron chi connectivity index (χ2n) is 5.08. The Balaban J connectivity index is 1.80. The molecule has 0 aliphatic carbocycles. The van der Waals surface area contributed by atoms with Crippen molar-refractivity contribution in [1.29, 1.82) is 0 Å². The molecule has 0 amide bonds. The lowest BCUT2D eigenvalue weighted by atomic mass is 10.2. The van der Waals surface area contributed by atoms with Crippen LogP contribution in [0.1, 0.15) is 11.4 Å². The van der Waals surface area contributed by atoms with Gasteiger partial charge < -0.3 is 19.2 Å². The number of hydrogen-bond donors (Lipinski definition) is 1. The molecule has 0 spiro atoms. The van der Waals surface area contributed by atoms with Crippen LogP contribution >= 0.6 is 0 Å². The number of fused-ring (bicyclic) bond motifs is 1. The van der Waals surface area contributed by atoms with E-state index in [-0.39, 0.29) is 0 Å². The lowest BCUT2D eigenvalue weighted by Gasteiger charge is -2.09. The summed E-state index contributed by atoms with van der Waals surface area (Å²) in [7, 11) is 3.28. The first-order valence-corrected chi connectivity index (χ1v) is 7.10. The summed E-state index contributed by atoms with van der Waals surface area (Å²) in [5.74, 6) is 1.51. The molecule has 1 N–H and O–H groups in total. The molecule has 3 aromatic rings. The number of aromatic nitrogens is 2. The van der Waals surface area contributed by atoms with Gasteiger partial charge in [0.1, 0.15) is 17.1 Å². The Morgan fingerprint density at radius 3 is 2.45 bits per heavy atom. The van der Waals surface area contributed by atoms with E-state index in [2.05, 4.69) is 33.9 Å². The molecule has 5 nitrogen and oxygen atoms in total. The average molecular weight is 297 g/mol. The van der Waals surface area contributed by atoms with Crippen molar-refractivity contribution in [2.24, 2.45) is 0 Å². The molecule has 0 aliphatic rings. The third-order valence-corrected chi connectivity index (χ3v) is 3.57. The Labute approximate surface area is 129 Å². The zero-order valence-corrected chi connectivity index (χ0v) is 13.0. The Hall–Kier alpha value is -2.69. The van der Waals surface area contributed by atoms with Gasteiger partial charge in [0.05, 0.1) is 26.5 Å². The van der Waals surface area contributed by atoms with E-state index in [4.69, 9.17) is 9.47 Å². The van der Waals surface area contributed by atoms with E-state index >= 15 is 0 Å². The summed E-state index contributed by atoms with van der Waals surface area (Å²) in [6.45, 7) is 2.70. The minimum absolute atomic E-state index is 0.636. The third kappa shape index (κ3) is 2.83. The highest BCUT2D eigenvalue weighted by atomic mass is 16.5. The minimum atomic E-state index is 0.636. The van der Waals surface area contributed by atoms with Crippen molar-refractivity contribution < 1.29 is 9.47 Å². The summed E-state index contributed by atoms with van der Waals surface area (Å²) in [6.07, 6.45) is 2.05. The lowest BCUT2D eigenvalue weighted by Crippen LogP contribution is -2.00. The molecule has 22 heavy (non-hydrogen) atoms. The molecular weight excluding hydrogens is 278 g/mol. The lowest BCUT2D eigenvalue weighted by molar-refractivity contribution is 0.394. The summed E-state index contributed by atoms with van der Waals surface area (Å²) in [4.78, 5) is 4.61. The summed E-state index contributed by atoms with van der Waals surface area (Å²) < 4.78 is 12.6. The van der Waals surface area contributed by atoms with Crippen molar-refractivity contribution in [1.82, 2.24) is 9.38 Å². The number of pyridine rings is 1. The normalized spacial score (nSPS) is 10.7. The van der Waals surface area contributed by atoms with Crippen molar-refractivity contribution in [2.75, 3.05) is 19.5 Å². The van der Waals surface area contributed by atoms with Gasteiger partial charge in [-0.2, -0.15) is 0 Å². The molecule has 5 heteroatoms. The summed E-state index contributed by atoms with van der Waals surface area (Å²) in [6, 6.07) is 11.8. The SMILES string of the molecule is COc1cc(NCc2cn3c(C)cccc3n2)cc(OC)c1. The molecule has 0 unspecified atom stereocenters. The zero-order valence-electron chi connectivity index (χ0n) is 13.0. The van der Waals surface area contributed by atoms with Crippen LogP contribution in [0, 0.1) is 6.92 Å². The van der Waals surface area contributed by atoms with Gasteiger partial charge in [0, 0.05) is 35.8 Å². The summed E-state index contributed by atoms with van der Waals surface area (Å²) in [5, 5.41) is 3.35. The smallest absolute Gasteiger partial charge is 0.137 e. The molecule has 0 atom stereocenters. The van der Waals surface area contributed by atoms with Crippen molar-refractivity contribution in [3.8, 4) is 11.5 Å². The number of hydrogen-bond acceptors (Lipinski definition) is 4. The summed E-state index contributed by atoms with van der Waals surface area (Å²) in [5.41, 5.74) is 4.04. The molecule has 114 valence electrons. The molecule has 0 aliphatic heterocycles. The first-order chi connectivity index (χ1) is 10.7. The number of nitrogens with one attached hydrogen (secondary N) is 1. The number of nitrogens with zero attached hydrogens (tertiary/aromatic N) is 2. The van der Waals surface area contributed by atoms with E-state index in [1.165, 1.54) is 5.69 Å². The van der Waals surface area contributed by atoms with Crippen LogP contribution in [0.5, 0.6) is 11.5 Å². The first-order valence-electron chi connectivity index (χ1n) is 7.10. The van der Waals surface area contributed by atoms with E-state index < -0.39 is 0 Å². The molecule has 0 radical (unpaired) electrons. The predicted molar refractivity (Wildman–Crippen MR) is 86.8 cm³/mol. The third-order valence-electron chi connectivity index (χ3n) is 3.57. The molecule has 2 heterocycles. The van der Waals surface area contributed by atoms with Crippen LogP contribution in [0.4, 0.5) is 5.69 Å². The zero-order chi connectivity index (χ0) is 15.5. The van der Waals surface area contributed by atoms with E-state index in [0.717, 1.165) is 28.5 Å². The molecule has 0 bridgehead atoms. The van der Waals surface area contributed by atoms with Gasteiger partial charge in [-0.25, -0.2) is 4.98 Å². The van der Waals surface area contributed by atoms with Crippen molar-refractivity contribution in [3.05, 3.63) is 54.0 Å². The fourth-order valence-corrected chi connectivity index (χ4v) is 2.39. The molecule has 0 saturated heterocycles. The van der Waals surface area contributed by atoms with Gasteiger partial charge in [0.25, 0.3) is 0 Å². The number of aryl methyl sites for hydroxylation is 1. The molecule has 1 aromatic carbocycles. The first kappa shape index (κ1) is 14.3. The molecule has 0 fully saturated rings. The Bertz CT molecular complexity index is 773. The molecule has 0 saturated carbocycles. The molecule has 2 aromatic heterocycles. The molecular formula is C17H19N3O2. The van der Waals surface area contributed by atoms with Crippen LogP contribution in [0.2, 0.25) is 0 Å². The Kier molecular flexibility index (Phi) is 3.87. The predicted octanol–water partition coefficient (Wildman–Crippen LogP) is 3.27. The van der Waals surface area contributed by atoms with Crippen LogP contribution in [0.15, 0.2) is 42.6 Å². The van der Waals surface area contributed by atoms with Gasteiger partial charge in [-0.05, 0) is 19.1 Å². The average Bonchev–Trinajstić information content (AvgIpc) is 2.97. The van der Waals surface area contributed by atoms with E-state index in [1.54, 1.807) is 14.2 Å². The van der Waals surface area contributed by atoms with Crippen molar-refractivity contribution in [3.63, 3.8) is 0 Å². The van der Waals surface area contributed by atoms with Crippen molar-refractivity contribution in [2.45, 2.75) is 13.5 Å². The number of rotatable bonds is 5. The maximum Gasteiger partial charge on any atom is 0.137 e. The second kappa shape index (κ2) is 5.97. The maximum absolute atomic E-state index is 5.27. The van der Waals surface area contributed by atoms with Crippen LogP contribution in [-0.2, 0) is 6.54 Å². The standard InChI is InChI=1S/C17H19N3O2/c1-12-5-4-6-17-19-14(11-20(12)17)10-18-13-7-15(21-2)9-16(8-13)22-3/h4-9,11,18H,10H2,1-3H3. The fraction of sp³-hybridized carbons (Fsp3) is 0.235. The van der Waals surface area contributed by atoms with Crippen molar-refractivity contribution >= 4 is 11.3 Å². The van der Waals surface area contributed by atoms with E-state index in [1.807, 2.05) is 30.3 Å². The Morgan fingerprint density at radius 1 is 1.09 bits per heavy atom. The van der Waals surface area contributed by atoms with Gasteiger partial charge in [0.15, 0.2) is 0 Å². The van der Waals surface area contributed by atoms with Gasteiger partial charge >= 0.3 is 0 Å². The van der Waals surface area contributed by atoms with Gasteiger partial charge in [-0.1, -0.05) is 6.07 Å². The number of benzene rings is 1. The van der Waals surface area contributed by atoms with Gasteiger partial charge in [-0.3, -0.25) is 0 Å². The van der Waals surface area contributed by atoms with Crippen LogP contribution in [0.3, 0.4) is 0 Å². The van der Waals surface area contributed by atoms with Gasteiger partial charge in [-0.15, -0.1) is 0 Å². The number of ether oxygens (including phenoxy) is 2.